The van der Waals surface area contributed by atoms with Crippen LogP contribution in [0.3, 0.4) is 0 Å². The van der Waals surface area contributed by atoms with E-state index in [1.165, 1.54) is 6.92 Å². The van der Waals surface area contributed by atoms with Crippen molar-refractivity contribution in [3.8, 4) is 5.75 Å². The van der Waals surface area contributed by atoms with E-state index in [0.29, 0.717) is 0 Å². The number of nitrogens with zero attached hydrogens (tertiary/aromatic N) is 2. The molecule has 0 atom stereocenters. The molecular formula is C5H8N4O4S. The fraction of sp³-hybridized carbons (Fsp3) is 0.200. The second-order valence-electron chi connectivity index (χ2n) is 2.39. The Balaban J connectivity index is 3.22. The van der Waals surface area contributed by atoms with Crippen molar-refractivity contribution >= 4 is 22.2 Å². The number of aryl methyl sites for hydroxylation is 1. The molecule has 0 saturated heterocycles. The molecule has 0 bridgehead atoms. The lowest BCUT2D eigenvalue weighted by Crippen LogP contribution is -2.12. The molecule has 1 aromatic heterocycles. The van der Waals surface area contributed by atoms with Gasteiger partial charge in [-0.3, -0.25) is 4.55 Å². The first-order valence-corrected chi connectivity index (χ1v) is 4.72. The molecule has 9 heteroatoms. The minimum absolute atomic E-state index is 0.109. The molecule has 1 heterocycles. The number of aromatic nitrogens is 2. The quantitative estimate of drug-likeness (QED) is 0.546. The van der Waals surface area contributed by atoms with Gasteiger partial charge in [-0.1, -0.05) is 0 Å². The van der Waals surface area contributed by atoms with E-state index in [0.717, 1.165) is 0 Å². The Kier molecular flexibility index (Phi) is 2.45. The van der Waals surface area contributed by atoms with Gasteiger partial charge in [0.2, 0.25) is 11.7 Å². The molecule has 0 aliphatic carbocycles. The standard InChI is InChI=1S/C5H8N4O4S/c1-2-3(13-14(10,11)12)4(6)9-5(7)8-2/h1H3,(H,10,11,12)(H4,6,7,8,9). The Bertz CT molecular complexity index is 434. The summed E-state index contributed by atoms with van der Waals surface area (Å²) in [5.41, 5.74) is 10.6. The highest BCUT2D eigenvalue weighted by Crippen LogP contribution is 2.24. The van der Waals surface area contributed by atoms with Gasteiger partial charge in [0.05, 0.1) is 5.69 Å². The third kappa shape index (κ3) is 2.44. The highest BCUT2D eigenvalue weighted by molar-refractivity contribution is 7.81. The largest absolute Gasteiger partial charge is 0.446 e. The van der Waals surface area contributed by atoms with E-state index in [4.69, 9.17) is 16.0 Å². The van der Waals surface area contributed by atoms with E-state index in [9.17, 15) is 8.42 Å². The average molecular weight is 220 g/mol. The summed E-state index contributed by atoms with van der Waals surface area (Å²) in [6.45, 7) is 1.41. The van der Waals surface area contributed by atoms with Crippen molar-refractivity contribution in [2.24, 2.45) is 0 Å². The molecule has 0 fully saturated rings. The zero-order valence-corrected chi connectivity index (χ0v) is 7.95. The van der Waals surface area contributed by atoms with Crippen molar-refractivity contribution in [2.45, 2.75) is 6.92 Å². The van der Waals surface area contributed by atoms with Gasteiger partial charge in [-0.25, -0.2) is 4.98 Å². The van der Waals surface area contributed by atoms with Crippen LogP contribution in [0.4, 0.5) is 11.8 Å². The third-order valence-corrected chi connectivity index (χ3v) is 1.64. The average Bonchev–Trinajstić information content (AvgIpc) is 1.95. The highest BCUT2D eigenvalue weighted by Gasteiger charge is 2.15. The Labute approximate surface area is 79.9 Å². The summed E-state index contributed by atoms with van der Waals surface area (Å²) in [6.07, 6.45) is 0. The predicted molar refractivity (Wildman–Crippen MR) is 47.8 cm³/mol. The maximum atomic E-state index is 10.4. The van der Waals surface area contributed by atoms with Gasteiger partial charge in [0.25, 0.3) is 0 Å². The second-order valence-corrected chi connectivity index (χ2v) is 3.41. The van der Waals surface area contributed by atoms with Crippen molar-refractivity contribution in [2.75, 3.05) is 11.5 Å². The summed E-state index contributed by atoms with van der Waals surface area (Å²) >= 11 is 0. The van der Waals surface area contributed by atoms with Crippen LogP contribution in [0.1, 0.15) is 5.69 Å². The summed E-state index contributed by atoms with van der Waals surface area (Å²) in [4.78, 5) is 7.07. The molecule has 0 unspecified atom stereocenters. The SMILES string of the molecule is Cc1nc(N)nc(N)c1OS(=O)(=O)O. The fourth-order valence-electron chi connectivity index (χ4n) is 0.815. The first kappa shape index (κ1) is 10.5. The highest BCUT2D eigenvalue weighted by atomic mass is 32.3. The van der Waals surface area contributed by atoms with E-state index in [2.05, 4.69) is 14.2 Å². The molecule has 8 nitrogen and oxygen atoms in total. The molecule has 0 amide bonds. The Hall–Kier alpha value is -1.61. The molecule has 0 spiro atoms. The van der Waals surface area contributed by atoms with Gasteiger partial charge < -0.3 is 15.7 Å². The van der Waals surface area contributed by atoms with Crippen molar-refractivity contribution in [1.29, 1.82) is 0 Å². The second kappa shape index (κ2) is 3.27. The molecule has 14 heavy (non-hydrogen) atoms. The molecule has 0 radical (unpaired) electrons. The first-order chi connectivity index (χ1) is 6.29. The maximum absolute atomic E-state index is 10.4. The van der Waals surface area contributed by atoms with Crippen LogP contribution in [0.5, 0.6) is 5.75 Å². The van der Waals surface area contributed by atoms with Crippen molar-refractivity contribution < 1.29 is 17.2 Å². The van der Waals surface area contributed by atoms with E-state index < -0.39 is 10.4 Å². The van der Waals surface area contributed by atoms with Crippen LogP contribution in [-0.2, 0) is 10.4 Å². The van der Waals surface area contributed by atoms with Crippen LogP contribution >= 0.6 is 0 Å². The van der Waals surface area contributed by atoms with E-state index in [1.807, 2.05) is 0 Å². The van der Waals surface area contributed by atoms with E-state index >= 15 is 0 Å². The number of hydrogen-bond acceptors (Lipinski definition) is 7. The molecular weight excluding hydrogens is 212 g/mol. The predicted octanol–water partition coefficient (Wildman–Crippen LogP) is -0.869. The molecule has 5 N–H and O–H groups in total. The zero-order chi connectivity index (χ0) is 10.9. The van der Waals surface area contributed by atoms with Gasteiger partial charge >= 0.3 is 10.4 Å². The van der Waals surface area contributed by atoms with E-state index in [1.54, 1.807) is 0 Å². The smallest absolute Gasteiger partial charge is 0.380 e. The number of rotatable bonds is 2. The number of nitrogen functional groups attached to an aromatic ring is 2. The number of anilines is 2. The topological polar surface area (TPSA) is 141 Å². The zero-order valence-electron chi connectivity index (χ0n) is 7.13. The van der Waals surface area contributed by atoms with Crippen molar-refractivity contribution in [1.82, 2.24) is 9.97 Å². The van der Waals surface area contributed by atoms with Crippen LogP contribution in [0, 0.1) is 6.92 Å². The lowest BCUT2D eigenvalue weighted by atomic mass is 10.4. The molecule has 1 aromatic rings. The first-order valence-electron chi connectivity index (χ1n) is 3.36. The van der Waals surface area contributed by atoms with Crippen LogP contribution in [0.15, 0.2) is 0 Å². The van der Waals surface area contributed by atoms with Gasteiger partial charge in [-0.05, 0) is 6.92 Å². The summed E-state index contributed by atoms with van der Waals surface area (Å²) in [5.74, 6) is -0.697. The monoisotopic (exact) mass is 220 g/mol. The van der Waals surface area contributed by atoms with Crippen molar-refractivity contribution in [3.05, 3.63) is 5.69 Å². The maximum Gasteiger partial charge on any atom is 0.446 e. The van der Waals surface area contributed by atoms with Crippen LogP contribution < -0.4 is 15.7 Å². The number of nitrogens with two attached hydrogens (primary N) is 2. The molecule has 78 valence electrons. The lowest BCUT2D eigenvalue weighted by Gasteiger charge is -2.06. The van der Waals surface area contributed by atoms with Crippen LogP contribution in [0.25, 0.3) is 0 Å². The third-order valence-electron chi connectivity index (χ3n) is 1.27. The summed E-state index contributed by atoms with van der Waals surface area (Å²) in [6, 6.07) is 0. The van der Waals surface area contributed by atoms with Gasteiger partial charge in [0.15, 0.2) is 5.82 Å². The molecule has 0 saturated carbocycles. The summed E-state index contributed by atoms with van der Waals surface area (Å²) in [5, 5.41) is 0. The minimum Gasteiger partial charge on any atom is -0.380 e. The van der Waals surface area contributed by atoms with Gasteiger partial charge in [-0.2, -0.15) is 13.4 Å². The fourth-order valence-corrected chi connectivity index (χ4v) is 1.23. The van der Waals surface area contributed by atoms with E-state index in [-0.39, 0.29) is 23.2 Å². The Morgan fingerprint density at radius 1 is 1.36 bits per heavy atom. The normalized spacial score (nSPS) is 11.3. The molecule has 0 aliphatic rings. The molecule has 0 aliphatic heterocycles. The number of hydrogen-bond donors (Lipinski definition) is 3. The Morgan fingerprint density at radius 3 is 2.36 bits per heavy atom. The van der Waals surface area contributed by atoms with Gasteiger partial charge in [0.1, 0.15) is 0 Å². The summed E-state index contributed by atoms with van der Waals surface area (Å²) < 4.78 is 33.3. The van der Waals surface area contributed by atoms with Crippen LogP contribution in [-0.4, -0.2) is 22.9 Å². The van der Waals surface area contributed by atoms with Crippen LogP contribution in [0.2, 0.25) is 0 Å². The van der Waals surface area contributed by atoms with Gasteiger partial charge in [-0.15, -0.1) is 0 Å². The van der Waals surface area contributed by atoms with Crippen molar-refractivity contribution in [3.63, 3.8) is 0 Å². The Morgan fingerprint density at radius 2 is 1.93 bits per heavy atom. The molecule has 1 rings (SSSR count). The lowest BCUT2D eigenvalue weighted by molar-refractivity contribution is 0.385. The molecule has 0 aromatic carbocycles. The summed E-state index contributed by atoms with van der Waals surface area (Å²) in [7, 11) is -4.64. The van der Waals surface area contributed by atoms with Gasteiger partial charge in [0, 0.05) is 0 Å². The minimum atomic E-state index is -4.64.